The fourth-order valence-corrected chi connectivity index (χ4v) is 1.30. The first kappa shape index (κ1) is 10.2. The van der Waals surface area contributed by atoms with Crippen LogP contribution in [-0.4, -0.2) is 5.11 Å². The molecule has 4 heteroatoms. The van der Waals surface area contributed by atoms with E-state index in [1.165, 1.54) is 0 Å². The van der Waals surface area contributed by atoms with E-state index >= 15 is 0 Å². The van der Waals surface area contributed by atoms with Gasteiger partial charge in [-0.1, -0.05) is 18.2 Å². The second-order valence-electron chi connectivity index (χ2n) is 3.33. The number of anilines is 2. The topological polar surface area (TPSA) is 81.5 Å². The standard InChI is InChI=1S/C12H12N2O2/c13-9-6-7-10(12(15)11(9)14)16-8-4-2-1-3-5-8/h1-7,15H,13-14H2. The molecule has 0 aromatic heterocycles. The number of phenolic OH excluding ortho intramolecular Hbond substituents is 1. The van der Waals surface area contributed by atoms with Crippen LogP contribution in [0, 0.1) is 0 Å². The highest BCUT2D eigenvalue weighted by atomic mass is 16.5. The zero-order valence-electron chi connectivity index (χ0n) is 8.55. The van der Waals surface area contributed by atoms with E-state index in [2.05, 4.69) is 0 Å². The SMILES string of the molecule is Nc1ccc(Oc2ccccc2)c(O)c1N. The molecule has 0 radical (unpaired) electrons. The predicted octanol–water partition coefficient (Wildman–Crippen LogP) is 2.35. The minimum absolute atomic E-state index is 0.133. The number of phenols is 1. The fraction of sp³-hybridized carbons (Fsp3) is 0. The van der Waals surface area contributed by atoms with Crippen molar-refractivity contribution >= 4 is 11.4 Å². The molecule has 0 spiro atoms. The van der Waals surface area contributed by atoms with Crippen LogP contribution in [0.4, 0.5) is 11.4 Å². The van der Waals surface area contributed by atoms with E-state index in [4.69, 9.17) is 16.2 Å². The van der Waals surface area contributed by atoms with Gasteiger partial charge < -0.3 is 21.3 Å². The van der Waals surface area contributed by atoms with Gasteiger partial charge in [0.15, 0.2) is 11.5 Å². The highest BCUT2D eigenvalue weighted by molar-refractivity contribution is 5.74. The van der Waals surface area contributed by atoms with Crippen molar-refractivity contribution in [1.29, 1.82) is 0 Å². The molecular weight excluding hydrogens is 204 g/mol. The van der Waals surface area contributed by atoms with Crippen molar-refractivity contribution in [2.45, 2.75) is 0 Å². The van der Waals surface area contributed by atoms with Gasteiger partial charge in [-0.25, -0.2) is 0 Å². The molecule has 2 aromatic rings. The summed E-state index contributed by atoms with van der Waals surface area (Å²) in [5.41, 5.74) is 11.6. The summed E-state index contributed by atoms with van der Waals surface area (Å²) in [6.45, 7) is 0. The molecule has 0 bridgehead atoms. The molecule has 0 aliphatic carbocycles. The fourth-order valence-electron chi connectivity index (χ4n) is 1.30. The van der Waals surface area contributed by atoms with Gasteiger partial charge in [0.1, 0.15) is 11.4 Å². The molecule has 4 nitrogen and oxygen atoms in total. The summed E-state index contributed by atoms with van der Waals surface area (Å²) in [5.74, 6) is 0.781. The van der Waals surface area contributed by atoms with Crippen molar-refractivity contribution in [3.05, 3.63) is 42.5 Å². The van der Waals surface area contributed by atoms with E-state index in [9.17, 15) is 5.11 Å². The number of nitrogen functional groups attached to an aromatic ring is 2. The van der Waals surface area contributed by atoms with Crippen molar-refractivity contribution in [3.8, 4) is 17.2 Å². The van der Waals surface area contributed by atoms with Crippen LogP contribution in [0.25, 0.3) is 0 Å². The molecule has 2 aromatic carbocycles. The van der Waals surface area contributed by atoms with Gasteiger partial charge in [0.25, 0.3) is 0 Å². The van der Waals surface area contributed by atoms with E-state index in [1.54, 1.807) is 24.3 Å². The highest BCUT2D eigenvalue weighted by Gasteiger charge is 2.09. The average Bonchev–Trinajstić information content (AvgIpc) is 2.31. The third kappa shape index (κ3) is 1.86. The summed E-state index contributed by atoms with van der Waals surface area (Å²) < 4.78 is 5.46. The summed E-state index contributed by atoms with van der Waals surface area (Å²) in [6, 6.07) is 12.3. The molecule has 0 amide bonds. The quantitative estimate of drug-likeness (QED) is 0.531. The molecule has 2 rings (SSSR count). The van der Waals surface area contributed by atoms with E-state index in [1.807, 2.05) is 18.2 Å². The second kappa shape index (κ2) is 4.02. The van der Waals surface area contributed by atoms with Crippen LogP contribution < -0.4 is 16.2 Å². The summed E-state index contributed by atoms with van der Waals surface area (Å²) in [5, 5.41) is 9.71. The first-order valence-electron chi connectivity index (χ1n) is 4.78. The van der Waals surface area contributed by atoms with Gasteiger partial charge in [-0.05, 0) is 24.3 Å². The van der Waals surface area contributed by atoms with Crippen molar-refractivity contribution in [1.82, 2.24) is 0 Å². The van der Waals surface area contributed by atoms with Crippen molar-refractivity contribution in [2.24, 2.45) is 0 Å². The van der Waals surface area contributed by atoms with Crippen molar-refractivity contribution < 1.29 is 9.84 Å². The van der Waals surface area contributed by atoms with Crippen LogP contribution in [0.15, 0.2) is 42.5 Å². The number of ether oxygens (including phenoxy) is 1. The maximum atomic E-state index is 9.71. The molecule has 0 unspecified atom stereocenters. The van der Waals surface area contributed by atoms with Crippen LogP contribution >= 0.6 is 0 Å². The smallest absolute Gasteiger partial charge is 0.184 e. The Morgan fingerprint density at radius 1 is 0.938 bits per heavy atom. The van der Waals surface area contributed by atoms with Crippen LogP contribution in [0.3, 0.4) is 0 Å². The van der Waals surface area contributed by atoms with Crippen LogP contribution in [0.2, 0.25) is 0 Å². The Kier molecular flexibility index (Phi) is 2.55. The largest absolute Gasteiger partial charge is 0.503 e. The van der Waals surface area contributed by atoms with E-state index in [0.29, 0.717) is 11.4 Å². The molecule has 0 aliphatic heterocycles. The van der Waals surface area contributed by atoms with Gasteiger partial charge in [-0.2, -0.15) is 0 Å². The number of aromatic hydroxyl groups is 1. The third-order valence-corrected chi connectivity index (χ3v) is 2.18. The Morgan fingerprint density at radius 2 is 1.62 bits per heavy atom. The molecule has 0 aliphatic rings. The lowest BCUT2D eigenvalue weighted by atomic mass is 10.2. The first-order valence-corrected chi connectivity index (χ1v) is 4.78. The first-order chi connectivity index (χ1) is 7.68. The minimum atomic E-state index is -0.135. The summed E-state index contributed by atoms with van der Waals surface area (Å²) in [7, 11) is 0. The Labute approximate surface area is 93.1 Å². The number of hydrogen-bond acceptors (Lipinski definition) is 4. The Morgan fingerprint density at radius 3 is 2.31 bits per heavy atom. The van der Waals surface area contributed by atoms with Gasteiger partial charge in [0.2, 0.25) is 0 Å². The summed E-state index contributed by atoms with van der Waals surface area (Å²) >= 11 is 0. The lowest BCUT2D eigenvalue weighted by molar-refractivity contribution is 0.413. The molecule has 0 heterocycles. The second-order valence-corrected chi connectivity index (χ2v) is 3.33. The van der Waals surface area contributed by atoms with Crippen molar-refractivity contribution in [2.75, 3.05) is 11.5 Å². The van der Waals surface area contributed by atoms with Crippen molar-refractivity contribution in [3.63, 3.8) is 0 Å². The van der Waals surface area contributed by atoms with Crippen LogP contribution in [-0.2, 0) is 0 Å². The normalized spacial score (nSPS) is 10.0. The van der Waals surface area contributed by atoms with Gasteiger partial charge in [0.05, 0.1) is 5.69 Å². The Bertz CT molecular complexity index is 498. The van der Waals surface area contributed by atoms with E-state index in [-0.39, 0.29) is 17.2 Å². The minimum Gasteiger partial charge on any atom is -0.503 e. The van der Waals surface area contributed by atoms with Crippen LogP contribution in [0.5, 0.6) is 17.2 Å². The molecule has 0 saturated heterocycles. The van der Waals surface area contributed by atoms with Crippen LogP contribution in [0.1, 0.15) is 0 Å². The average molecular weight is 216 g/mol. The lowest BCUT2D eigenvalue weighted by Crippen LogP contribution is -1.96. The summed E-state index contributed by atoms with van der Waals surface area (Å²) in [4.78, 5) is 0. The molecule has 5 N–H and O–H groups in total. The zero-order chi connectivity index (χ0) is 11.5. The maximum absolute atomic E-state index is 9.71. The number of nitrogens with two attached hydrogens (primary N) is 2. The number of rotatable bonds is 2. The number of benzene rings is 2. The van der Waals surface area contributed by atoms with Gasteiger partial charge in [-0.3, -0.25) is 0 Å². The molecule has 0 saturated carbocycles. The predicted molar refractivity (Wildman–Crippen MR) is 63.4 cm³/mol. The number of para-hydroxylation sites is 1. The van der Waals surface area contributed by atoms with Gasteiger partial charge in [0, 0.05) is 0 Å². The highest BCUT2D eigenvalue weighted by Crippen LogP contribution is 2.38. The molecule has 82 valence electrons. The monoisotopic (exact) mass is 216 g/mol. The number of hydrogen-bond donors (Lipinski definition) is 3. The summed E-state index contributed by atoms with van der Waals surface area (Å²) in [6.07, 6.45) is 0. The van der Waals surface area contributed by atoms with E-state index in [0.717, 1.165) is 0 Å². The zero-order valence-corrected chi connectivity index (χ0v) is 8.55. The van der Waals surface area contributed by atoms with Gasteiger partial charge >= 0.3 is 0 Å². The Hall–Kier alpha value is -2.36. The Balaban J connectivity index is 2.33. The molecular formula is C12H12N2O2. The molecule has 16 heavy (non-hydrogen) atoms. The maximum Gasteiger partial charge on any atom is 0.184 e. The van der Waals surface area contributed by atoms with Gasteiger partial charge in [-0.15, -0.1) is 0 Å². The molecule has 0 atom stereocenters. The van der Waals surface area contributed by atoms with E-state index < -0.39 is 0 Å². The lowest BCUT2D eigenvalue weighted by Gasteiger charge is -2.10. The molecule has 0 fully saturated rings. The third-order valence-electron chi connectivity index (χ3n) is 2.18.